The molecule has 1 N–H and O–H groups in total. The molecule has 0 aromatic rings. The van der Waals surface area contributed by atoms with E-state index >= 15 is 0 Å². The Morgan fingerprint density at radius 3 is 2.71 bits per heavy atom. The van der Waals surface area contributed by atoms with E-state index in [4.69, 9.17) is 4.74 Å². The average molecular weight is 240 g/mol. The van der Waals surface area contributed by atoms with Crippen LogP contribution < -0.4 is 5.32 Å². The molecule has 0 saturated carbocycles. The van der Waals surface area contributed by atoms with Crippen molar-refractivity contribution in [2.75, 3.05) is 33.3 Å². The molecule has 2 aliphatic rings. The van der Waals surface area contributed by atoms with Crippen molar-refractivity contribution in [3.63, 3.8) is 0 Å². The lowest BCUT2D eigenvalue weighted by atomic mass is 9.93. The third-order valence-electron chi connectivity index (χ3n) is 4.02. The normalized spacial score (nSPS) is 30.3. The standard InChI is InChI=1S/C13H24N2O2/c1-17-12-5-7-14-6-4-11(12)10-13(16)15-8-2-3-9-15/h11-12,14H,2-10H2,1H3/t11-,12+/m1/s1. The quantitative estimate of drug-likeness (QED) is 0.800. The molecule has 4 heteroatoms. The van der Waals surface area contributed by atoms with Crippen molar-refractivity contribution in [2.24, 2.45) is 5.92 Å². The number of amides is 1. The minimum Gasteiger partial charge on any atom is -0.381 e. The second-order valence-corrected chi connectivity index (χ2v) is 5.15. The Morgan fingerprint density at radius 2 is 2.00 bits per heavy atom. The van der Waals surface area contributed by atoms with Gasteiger partial charge in [0.25, 0.3) is 0 Å². The molecule has 0 aromatic carbocycles. The molecule has 0 spiro atoms. The molecular formula is C13H24N2O2. The van der Waals surface area contributed by atoms with Gasteiger partial charge in [-0.1, -0.05) is 0 Å². The Balaban J connectivity index is 1.87. The summed E-state index contributed by atoms with van der Waals surface area (Å²) in [5.74, 6) is 0.722. The lowest BCUT2D eigenvalue weighted by Gasteiger charge is -2.25. The number of carbonyl (C=O) groups is 1. The molecule has 1 amide bonds. The highest BCUT2D eigenvalue weighted by atomic mass is 16.5. The maximum atomic E-state index is 12.1. The first-order chi connectivity index (χ1) is 8.31. The number of carbonyl (C=O) groups excluding carboxylic acids is 1. The lowest BCUT2D eigenvalue weighted by molar-refractivity contribution is -0.132. The van der Waals surface area contributed by atoms with Crippen LogP contribution in [0.5, 0.6) is 0 Å². The molecule has 0 aromatic heterocycles. The maximum Gasteiger partial charge on any atom is 0.222 e. The van der Waals surface area contributed by atoms with E-state index in [0.717, 1.165) is 39.0 Å². The third-order valence-corrected chi connectivity index (χ3v) is 4.02. The highest BCUT2D eigenvalue weighted by Crippen LogP contribution is 2.23. The first-order valence-electron chi connectivity index (χ1n) is 6.82. The summed E-state index contributed by atoms with van der Waals surface area (Å²) < 4.78 is 5.54. The predicted molar refractivity (Wildman–Crippen MR) is 66.8 cm³/mol. The zero-order valence-electron chi connectivity index (χ0n) is 10.8. The van der Waals surface area contributed by atoms with Gasteiger partial charge in [-0.2, -0.15) is 0 Å². The fourth-order valence-electron chi connectivity index (χ4n) is 2.94. The predicted octanol–water partition coefficient (Wildman–Crippen LogP) is 1.01. The molecule has 0 radical (unpaired) electrons. The van der Waals surface area contributed by atoms with Gasteiger partial charge in [-0.3, -0.25) is 4.79 Å². The summed E-state index contributed by atoms with van der Waals surface area (Å²) in [4.78, 5) is 14.2. The van der Waals surface area contributed by atoms with Gasteiger partial charge >= 0.3 is 0 Å². The number of methoxy groups -OCH3 is 1. The Bertz CT molecular complexity index is 252. The SMILES string of the molecule is CO[C@H]1CCNCC[C@@H]1CC(=O)N1CCCC1. The second-order valence-electron chi connectivity index (χ2n) is 5.15. The van der Waals surface area contributed by atoms with Crippen LogP contribution in [0, 0.1) is 5.92 Å². The van der Waals surface area contributed by atoms with E-state index in [1.807, 2.05) is 4.90 Å². The molecule has 2 atom stereocenters. The van der Waals surface area contributed by atoms with Crippen LogP contribution in [0.25, 0.3) is 0 Å². The zero-order chi connectivity index (χ0) is 12.1. The first-order valence-corrected chi connectivity index (χ1v) is 6.82. The maximum absolute atomic E-state index is 12.1. The molecule has 98 valence electrons. The number of hydrogen-bond acceptors (Lipinski definition) is 3. The van der Waals surface area contributed by atoms with Gasteiger partial charge in [0.2, 0.25) is 5.91 Å². The lowest BCUT2D eigenvalue weighted by Crippen LogP contribution is -2.33. The fraction of sp³-hybridized carbons (Fsp3) is 0.923. The molecule has 2 heterocycles. The summed E-state index contributed by atoms with van der Waals surface area (Å²) in [6, 6.07) is 0. The summed E-state index contributed by atoms with van der Waals surface area (Å²) >= 11 is 0. The number of ether oxygens (including phenoxy) is 1. The number of nitrogens with one attached hydrogen (secondary N) is 1. The van der Waals surface area contributed by atoms with Crippen molar-refractivity contribution in [2.45, 2.75) is 38.2 Å². The van der Waals surface area contributed by atoms with Crippen molar-refractivity contribution < 1.29 is 9.53 Å². The van der Waals surface area contributed by atoms with Gasteiger partial charge in [0.15, 0.2) is 0 Å². The van der Waals surface area contributed by atoms with Gasteiger partial charge in [0, 0.05) is 26.6 Å². The van der Waals surface area contributed by atoms with E-state index in [1.54, 1.807) is 7.11 Å². The van der Waals surface area contributed by atoms with E-state index in [1.165, 1.54) is 12.8 Å². The number of hydrogen-bond donors (Lipinski definition) is 1. The van der Waals surface area contributed by atoms with Gasteiger partial charge in [-0.15, -0.1) is 0 Å². The third kappa shape index (κ3) is 3.42. The summed E-state index contributed by atoms with van der Waals surface area (Å²) in [7, 11) is 1.77. The highest BCUT2D eigenvalue weighted by Gasteiger charge is 2.28. The Labute approximate surface area is 104 Å². The summed E-state index contributed by atoms with van der Waals surface area (Å²) in [6.07, 6.45) is 5.33. The van der Waals surface area contributed by atoms with Crippen LogP contribution in [0.1, 0.15) is 32.1 Å². The Hall–Kier alpha value is -0.610. The molecule has 0 aliphatic carbocycles. The smallest absolute Gasteiger partial charge is 0.222 e. The van der Waals surface area contributed by atoms with Crippen molar-refractivity contribution >= 4 is 5.91 Å². The van der Waals surface area contributed by atoms with Crippen LogP contribution >= 0.6 is 0 Å². The largest absolute Gasteiger partial charge is 0.381 e. The van der Waals surface area contributed by atoms with Crippen molar-refractivity contribution in [1.82, 2.24) is 10.2 Å². The molecule has 2 aliphatic heterocycles. The minimum atomic E-state index is 0.247. The molecule has 2 saturated heterocycles. The Morgan fingerprint density at radius 1 is 1.29 bits per heavy atom. The first kappa shape index (κ1) is 12.8. The second kappa shape index (κ2) is 6.36. The fourth-order valence-corrected chi connectivity index (χ4v) is 2.94. The Kier molecular flexibility index (Phi) is 4.80. The van der Waals surface area contributed by atoms with E-state index < -0.39 is 0 Å². The summed E-state index contributed by atoms with van der Waals surface area (Å²) in [5, 5.41) is 3.38. The van der Waals surface area contributed by atoms with E-state index in [-0.39, 0.29) is 6.10 Å². The molecule has 0 bridgehead atoms. The van der Waals surface area contributed by atoms with Crippen LogP contribution in [-0.4, -0.2) is 50.2 Å². The van der Waals surface area contributed by atoms with Crippen LogP contribution in [-0.2, 0) is 9.53 Å². The van der Waals surface area contributed by atoms with E-state index in [2.05, 4.69) is 5.32 Å². The van der Waals surface area contributed by atoms with E-state index in [0.29, 0.717) is 18.2 Å². The zero-order valence-corrected chi connectivity index (χ0v) is 10.8. The molecule has 2 fully saturated rings. The molecule has 0 unspecified atom stereocenters. The summed E-state index contributed by atoms with van der Waals surface area (Å²) in [5.41, 5.74) is 0. The molecule has 2 rings (SSSR count). The van der Waals surface area contributed by atoms with Gasteiger partial charge in [0.1, 0.15) is 0 Å². The monoisotopic (exact) mass is 240 g/mol. The van der Waals surface area contributed by atoms with Crippen molar-refractivity contribution in [1.29, 1.82) is 0 Å². The van der Waals surface area contributed by atoms with Gasteiger partial charge in [0.05, 0.1) is 6.10 Å². The van der Waals surface area contributed by atoms with Crippen molar-refractivity contribution in [3.05, 3.63) is 0 Å². The van der Waals surface area contributed by atoms with Crippen LogP contribution in [0.3, 0.4) is 0 Å². The van der Waals surface area contributed by atoms with E-state index in [9.17, 15) is 4.79 Å². The topological polar surface area (TPSA) is 41.6 Å². The van der Waals surface area contributed by atoms with Gasteiger partial charge in [-0.05, 0) is 44.7 Å². The van der Waals surface area contributed by atoms with Crippen molar-refractivity contribution in [3.8, 4) is 0 Å². The minimum absolute atomic E-state index is 0.247. The number of rotatable bonds is 3. The molecule has 17 heavy (non-hydrogen) atoms. The van der Waals surface area contributed by atoms with Gasteiger partial charge < -0.3 is 15.0 Å². The van der Waals surface area contributed by atoms with Crippen LogP contribution in [0.15, 0.2) is 0 Å². The molecular weight excluding hydrogens is 216 g/mol. The summed E-state index contributed by atoms with van der Waals surface area (Å²) in [6.45, 7) is 3.94. The number of nitrogens with zero attached hydrogens (tertiary/aromatic N) is 1. The number of likely N-dealkylation sites (tertiary alicyclic amines) is 1. The molecule has 4 nitrogen and oxygen atoms in total. The van der Waals surface area contributed by atoms with Crippen LogP contribution in [0.2, 0.25) is 0 Å². The van der Waals surface area contributed by atoms with Crippen LogP contribution in [0.4, 0.5) is 0 Å². The highest BCUT2D eigenvalue weighted by molar-refractivity contribution is 5.76. The van der Waals surface area contributed by atoms with Gasteiger partial charge in [-0.25, -0.2) is 0 Å². The average Bonchev–Trinajstić information content (AvgIpc) is 2.78.